The van der Waals surface area contributed by atoms with Crippen molar-refractivity contribution in [3.05, 3.63) is 66.2 Å². The number of rotatable bonds is 6. The molecule has 0 fully saturated rings. The average Bonchev–Trinajstić information content (AvgIpc) is 3.22. The molecule has 0 bridgehead atoms. The number of methoxy groups -OCH3 is 3. The first-order valence-corrected chi connectivity index (χ1v) is 9.20. The van der Waals surface area contributed by atoms with Crippen molar-refractivity contribution in [3.8, 4) is 28.7 Å². The number of benzene rings is 3. The van der Waals surface area contributed by atoms with Crippen LogP contribution in [0.2, 0.25) is 0 Å². The van der Waals surface area contributed by atoms with Gasteiger partial charge in [0.2, 0.25) is 5.89 Å². The van der Waals surface area contributed by atoms with Gasteiger partial charge in [-0.05, 0) is 48.5 Å². The largest absolute Gasteiger partial charge is 0.495 e. The summed E-state index contributed by atoms with van der Waals surface area (Å²) in [4.78, 5) is 17.3. The van der Waals surface area contributed by atoms with E-state index in [0.717, 1.165) is 11.1 Å². The highest BCUT2D eigenvalue weighted by Gasteiger charge is 2.16. The Kier molecular flexibility index (Phi) is 5.26. The summed E-state index contributed by atoms with van der Waals surface area (Å²) in [5.41, 5.74) is 3.09. The number of carbonyl (C=O) groups excluding carboxylic acids is 1. The number of nitrogens with one attached hydrogen (secondary N) is 1. The lowest BCUT2D eigenvalue weighted by atomic mass is 10.1. The van der Waals surface area contributed by atoms with Gasteiger partial charge in [-0.2, -0.15) is 0 Å². The molecule has 152 valence electrons. The molecule has 0 atom stereocenters. The Balaban J connectivity index is 1.66. The van der Waals surface area contributed by atoms with E-state index in [1.807, 2.05) is 30.3 Å². The molecular formula is C23H20N2O5. The molecule has 0 unspecified atom stereocenters. The van der Waals surface area contributed by atoms with Gasteiger partial charge < -0.3 is 23.9 Å². The SMILES string of the molecule is COc1ccc(-c2nc3ccccc3o2)cc1NC(=O)c1ccc(OC)c(OC)c1. The van der Waals surface area contributed by atoms with Crippen LogP contribution in [-0.4, -0.2) is 32.2 Å². The number of para-hydroxylation sites is 2. The summed E-state index contributed by atoms with van der Waals surface area (Å²) in [5.74, 6) is 1.68. The van der Waals surface area contributed by atoms with Gasteiger partial charge in [-0.15, -0.1) is 0 Å². The van der Waals surface area contributed by atoms with E-state index in [-0.39, 0.29) is 5.91 Å². The van der Waals surface area contributed by atoms with Gasteiger partial charge in [0, 0.05) is 11.1 Å². The lowest BCUT2D eigenvalue weighted by Crippen LogP contribution is -2.13. The van der Waals surface area contributed by atoms with Crippen molar-refractivity contribution >= 4 is 22.7 Å². The molecule has 1 amide bonds. The number of aromatic nitrogens is 1. The number of ether oxygens (including phenoxy) is 3. The highest BCUT2D eigenvalue weighted by Crippen LogP contribution is 2.33. The minimum absolute atomic E-state index is 0.316. The van der Waals surface area contributed by atoms with Crippen LogP contribution in [-0.2, 0) is 0 Å². The van der Waals surface area contributed by atoms with Crippen molar-refractivity contribution in [3.63, 3.8) is 0 Å². The zero-order valence-corrected chi connectivity index (χ0v) is 16.8. The summed E-state index contributed by atoms with van der Waals surface area (Å²) in [7, 11) is 4.60. The summed E-state index contributed by atoms with van der Waals surface area (Å²) in [6.07, 6.45) is 0. The molecule has 0 saturated heterocycles. The Bertz CT molecular complexity index is 1180. The molecule has 0 aliphatic rings. The van der Waals surface area contributed by atoms with Crippen molar-refractivity contribution < 1.29 is 23.4 Å². The van der Waals surface area contributed by atoms with Crippen LogP contribution in [0.25, 0.3) is 22.6 Å². The fourth-order valence-corrected chi connectivity index (χ4v) is 3.11. The topological polar surface area (TPSA) is 82.8 Å². The quantitative estimate of drug-likeness (QED) is 0.498. The first kappa shape index (κ1) is 19.3. The lowest BCUT2D eigenvalue weighted by Gasteiger charge is -2.13. The average molecular weight is 404 g/mol. The molecule has 30 heavy (non-hydrogen) atoms. The molecule has 0 saturated carbocycles. The van der Waals surface area contributed by atoms with Gasteiger partial charge in [0.1, 0.15) is 11.3 Å². The summed E-state index contributed by atoms with van der Waals surface area (Å²) >= 11 is 0. The summed E-state index contributed by atoms with van der Waals surface area (Å²) in [5, 5.41) is 2.88. The molecule has 1 N–H and O–H groups in total. The van der Waals surface area contributed by atoms with Crippen LogP contribution in [0.1, 0.15) is 10.4 Å². The van der Waals surface area contributed by atoms with Gasteiger partial charge in [-0.1, -0.05) is 12.1 Å². The molecular weight excluding hydrogens is 384 g/mol. The van der Waals surface area contributed by atoms with E-state index in [2.05, 4.69) is 10.3 Å². The number of anilines is 1. The zero-order chi connectivity index (χ0) is 21.1. The van der Waals surface area contributed by atoms with E-state index >= 15 is 0 Å². The van der Waals surface area contributed by atoms with Crippen LogP contribution >= 0.6 is 0 Å². The zero-order valence-electron chi connectivity index (χ0n) is 16.8. The number of amides is 1. The van der Waals surface area contributed by atoms with E-state index in [1.54, 1.807) is 44.6 Å². The highest BCUT2D eigenvalue weighted by atomic mass is 16.5. The van der Waals surface area contributed by atoms with Crippen molar-refractivity contribution in [2.45, 2.75) is 0 Å². The number of fused-ring (bicyclic) bond motifs is 1. The smallest absolute Gasteiger partial charge is 0.255 e. The fourth-order valence-electron chi connectivity index (χ4n) is 3.11. The second-order valence-electron chi connectivity index (χ2n) is 6.43. The first-order valence-electron chi connectivity index (χ1n) is 9.20. The van der Waals surface area contributed by atoms with Gasteiger partial charge >= 0.3 is 0 Å². The predicted octanol–water partition coefficient (Wildman–Crippen LogP) is 4.77. The molecule has 4 aromatic rings. The van der Waals surface area contributed by atoms with Gasteiger partial charge in [0.25, 0.3) is 5.91 Å². The predicted molar refractivity (Wildman–Crippen MR) is 113 cm³/mol. The van der Waals surface area contributed by atoms with Crippen LogP contribution in [0.5, 0.6) is 17.2 Å². The molecule has 7 heteroatoms. The number of carbonyl (C=O) groups is 1. The second kappa shape index (κ2) is 8.16. The van der Waals surface area contributed by atoms with Gasteiger partial charge in [0.05, 0.1) is 27.0 Å². The van der Waals surface area contributed by atoms with Crippen LogP contribution in [0.3, 0.4) is 0 Å². The number of hydrogen-bond acceptors (Lipinski definition) is 6. The van der Waals surface area contributed by atoms with Gasteiger partial charge in [0.15, 0.2) is 17.1 Å². The molecule has 1 aromatic heterocycles. The van der Waals surface area contributed by atoms with Gasteiger partial charge in [-0.25, -0.2) is 4.98 Å². The monoisotopic (exact) mass is 404 g/mol. The fraction of sp³-hybridized carbons (Fsp3) is 0.130. The van der Waals surface area contributed by atoms with Crippen LogP contribution in [0, 0.1) is 0 Å². The third kappa shape index (κ3) is 3.65. The normalized spacial score (nSPS) is 10.6. The van der Waals surface area contributed by atoms with Crippen molar-refractivity contribution in [1.82, 2.24) is 4.98 Å². The van der Waals surface area contributed by atoms with Crippen molar-refractivity contribution in [2.75, 3.05) is 26.6 Å². The highest BCUT2D eigenvalue weighted by molar-refractivity contribution is 6.05. The Hall–Kier alpha value is -4.00. The van der Waals surface area contributed by atoms with E-state index in [0.29, 0.717) is 40.0 Å². The Morgan fingerprint density at radius 2 is 1.60 bits per heavy atom. The summed E-state index contributed by atoms with van der Waals surface area (Å²) < 4.78 is 21.7. The third-order valence-electron chi connectivity index (χ3n) is 4.63. The van der Waals surface area contributed by atoms with Crippen LogP contribution in [0.4, 0.5) is 5.69 Å². The van der Waals surface area contributed by atoms with E-state index < -0.39 is 0 Å². The number of nitrogens with zero attached hydrogens (tertiary/aromatic N) is 1. The molecule has 0 aliphatic heterocycles. The summed E-state index contributed by atoms with van der Waals surface area (Å²) in [6, 6.07) is 17.8. The number of oxazole rings is 1. The molecule has 1 heterocycles. The molecule has 0 radical (unpaired) electrons. The summed E-state index contributed by atoms with van der Waals surface area (Å²) in [6.45, 7) is 0. The Labute approximate surface area is 173 Å². The standard InChI is InChI=1S/C23H20N2O5/c1-27-18-10-9-15(23-25-16-6-4-5-7-19(16)30-23)12-17(18)24-22(26)14-8-11-20(28-2)21(13-14)29-3/h4-13H,1-3H3,(H,24,26). The minimum Gasteiger partial charge on any atom is -0.495 e. The van der Waals surface area contributed by atoms with Crippen LogP contribution in [0.15, 0.2) is 65.1 Å². The molecule has 3 aromatic carbocycles. The van der Waals surface area contributed by atoms with Crippen LogP contribution < -0.4 is 19.5 Å². The maximum absolute atomic E-state index is 12.8. The van der Waals surface area contributed by atoms with E-state index in [1.165, 1.54) is 7.11 Å². The van der Waals surface area contributed by atoms with Crippen molar-refractivity contribution in [1.29, 1.82) is 0 Å². The Morgan fingerprint density at radius 3 is 2.33 bits per heavy atom. The first-order chi connectivity index (χ1) is 14.6. The third-order valence-corrected chi connectivity index (χ3v) is 4.63. The van der Waals surface area contributed by atoms with E-state index in [4.69, 9.17) is 18.6 Å². The van der Waals surface area contributed by atoms with E-state index in [9.17, 15) is 4.79 Å². The maximum Gasteiger partial charge on any atom is 0.255 e. The number of hydrogen-bond donors (Lipinski definition) is 1. The lowest BCUT2D eigenvalue weighted by molar-refractivity contribution is 0.102. The van der Waals surface area contributed by atoms with Crippen molar-refractivity contribution in [2.24, 2.45) is 0 Å². The second-order valence-corrected chi connectivity index (χ2v) is 6.43. The minimum atomic E-state index is -0.316. The van der Waals surface area contributed by atoms with Gasteiger partial charge in [-0.3, -0.25) is 4.79 Å². The molecule has 0 aliphatic carbocycles. The molecule has 0 spiro atoms. The maximum atomic E-state index is 12.8. The Morgan fingerprint density at radius 1 is 0.867 bits per heavy atom. The molecule has 7 nitrogen and oxygen atoms in total. The molecule has 4 rings (SSSR count).